The number of carboxylic acids is 1. The minimum atomic E-state index is -1.30. The van der Waals surface area contributed by atoms with E-state index in [1.807, 2.05) is 18.2 Å². The van der Waals surface area contributed by atoms with Crippen LogP contribution in [0.1, 0.15) is 15.9 Å². The number of hydrogen-bond donors (Lipinski definition) is 2. The molecular weight excluding hydrogens is 261 g/mol. The maximum Gasteiger partial charge on any atom is 0.340 e. The first-order chi connectivity index (χ1) is 9.63. The lowest BCUT2D eigenvalue weighted by Gasteiger charge is -2.12. The van der Waals surface area contributed by atoms with Gasteiger partial charge in [0, 0.05) is 12.1 Å². The molecule has 0 aliphatic carbocycles. The van der Waals surface area contributed by atoms with Crippen LogP contribution in [0.25, 0.3) is 0 Å². The quantitative estimate of drug-likeness (QED) is 0.880. The van der Waals surface area contributed by atoms with Crippen LogP contribution >= 0.6 is 0 Å². The van der Waals surface area contributed by atoms with Gasteiger partial charge in [0.25, 0.3) is 0 Å². The van der Waals surface area contributed by atoms with Gasteiger partial charge in [0.2, 0.25) is 0 Å². The van der Waals surface area contributed by atoms with Crippen molar-refractivity contribution in [3.05, 3.63) is 59.4 Å². The lowest BCUT2D eigenvalue weighted by Crippen LogP contribution is -2.09. The molecule has 0 atom stereocenters. The summed E-state index contributed by atoms with van der Waals surface area (Å²) in [5, 5.41) is 12.0. The molecular formula is C15H14FNO3. The van der Waals surface area contributed by atoms with Gasteiger partial charge < -0.3 is 15.2 Å². The molecule has 0 fully saturated rings. The zero-order valence-electron chi connectivity index (χ0n) is 10.9. The molecule has 0 saturated heterocycles. The topological polar surface area (TPSA) is 58.6 Å². The van der Waals surface area contributed by atoms with Gasteiger partial charge in [-0.2, -0.15) is 0 Å². The van der Waals surface area contributed by atoms with Gasteiger partial charge in [-0.05, 0) is 18.2 Å². The van der Waals surface area contributed by atoms with Crippen molar-refractivity contribution in [3.63, 3.8) is 0 Å². The summed E-state index contributed by atoms with van der Waals surface area (Å²) in [6.45, 7) is 0.341. The first-order valence-electron chi connectivity index (χ1n) is 6.01. The van der Waals surface area contributed by atoms with Gasteiger partial charge in [0.1, 0.15) is 17.1 Å². The van der Waals surface area contributed by atoms with Crippen LogP contribution < -0.4 is 10.1 Å². The highest BCUT2D eigenvalue weighted by Crippen LogP contribution is 2.22. The second-order valence-corrected chi connectivity index (χ2v) is 4.13. The molecule has 0 amide bonds. The van der Waals surface area contributed by atoms with Crippen LogP contribution in [0.15, 0.2) is 42.5 Å². The predicted molar refractivity (Wildman–Crippen MR) is 73.7 cm³/mol. The largest absolute Gasteiger partial charge is 0.496 e. The molecule has 0 saturated carbocycles. The number of methoxy groups -OCH3 is 1. The summed E-state index contributed by atoms with van der Waals surface area (Å²) in [6.07, 6.45) is 0. The first-order valence-corrected chi connectivity index (χ1v) is 6.01. The van der Waals surface area contributed by atoms with Gasteiger partial charge in [0.05, 0.1) is 12.8 Å². The monoisotopic (exact) mass is 275 g/mol. The Balaban J connectivity index is 2.23. The zero-order valence-corrected chi connectivity index (χ0v) is 10.9. The second-order valence-electron chi connectivity index (χ2n) is 4.13. The van der Waals surface area contributed by atoms with Crippen molar-refractivity contribution in [2.24, 2.45) is 0 Å². The molecule has 2 aromatic rings. The maximum atomic E-state index is 13.5. The van der Waals surface area contributed by atoms with Crippen LogP contribution in [0.4, 0.5) is 10.1 Å². The van der Waals surface area contributed by atoms with Crippen LogP contribution in [-0.2, 0) is 6.54 Å². The molecule has 2 rings (SSSR count). The molecule has 5 heteroatoms. The number of benzene rings is 2. The van der Waals surface area contributed by atoms with Crippen molar-refractivity contribution in [2.45, 2.75) is 6.54 Å². The predicted octanol–water partition coefficient (Wildman–Crippen LogP) is 3.14. The molecule has 0 radical (unpaired) electrons. The van der Waals surface area contributed by atoms with Gasteiger partial charge in [-0.15, -0.1) is 0 Å². The van der Waals surface area contributed by atoms with E-state index >= 15 is 0 Å². The summed E-state index contributed by atoms with van der Waals surface area (Å²) in [7, 11) is 1.56. The van der Waals surface area contributed by atoms with Gasteiger partial charge in [-0.25, -0.2) is 9.18 Å². The van der Waals surface area contributed by atoms with Crippen molar-refractivity contribution in [3.8, 4) is 5.75 Å². The second kappa shape index (κ2) is 6.06. The highest BCUT2D eigenvalue weighted by atomic mass is 19.1. The van der Waals surface area contributed by atoms with E-state index in [1.165, 1.54) is 12.1 Å². The zero-order chi connectivity index (χ0) is 14.5. The Morgan fingerprint density at radius 2 is 2.00 bits per heavy atom. The van der Waals surface area contributed by atoms with Crippen molar-refractivity contribution >= 4 is 11.7 Å². The normalized spacial score (nSPS) is 10.1. The molecule has 20 heavy (non-hydrogen) atoms. The molecule has 0 aliphatic heterocycles. The standard InChI is InChI=1S/C15H14FNO3/c1-20-13-8-3-2-5-10(13)9-17-12-7-4-6-11(16)14(12)15(18)19/h2-8,17H,9H2,1H3,(H,18,19). The van der Waals surface area contributed by atoms with Crippen molar-refractivity contribution < 1.29 is 19.0 Å². The van der Waals surface area contributed by atoms with Crippen LogP contribution in [0.5, 0.6) is 5.75 Å². The minimum Gasteiger partial charge on any atom is -0.496 e. The number of carboxylic acid groups (broad SMARTS) is 1. The van der Waals surface area contributed by atoms with Crippen LogP contribution in [0, 0.1) is 5.82 Å². The highest BCUT2D eigenvalue weighted by Gasteiger charge is 2.15. The molecule has 0 unspecified atom stereocenters. The molecule has 2 aromatic carbocycles. The smallest absolute Gasteiger partial charge is 0.340 e. The van der Waals surface area contributed by atoms with Gasteiger partial charge in [-0.3, -0.25) is 0 Å². The van der Waals surface area contributed by atoms with Crippen molar-refractivity contribution in [1.29, 1.82) is 0 Å². The molecule has 0 aromatic heterocycles. The summed E-state index contributed by atoms with van der Waals surface area (Å²) >= 11 is 0. The average Bonchev–Trinajstić information content (AvgIpc) is 2.45. The molecule has 0 aliphatic rings. The third-order valence-electron chi connectivity index (χ3n) is 2.89. The Morgan fingerprint density at radius 3 is 2.70 bits per heavy atom. The maximum absolute atomic E-state index is 13.5. The number of ether oxygens (including phenoxy) is 1. The van der Waals surface area contributed by atoms with E-state index in [1.54, 1.807) is 13.2 Å². The van der Waals surface area contributed by atoms with E-state index < -0.39 is 11.8 Å². The van der Waals surface area contributed by atoms with E-state index in [4.69, 9.17) is 9.84 Å². The summed E-state index contributed by atoms with van der Waals surface area (Å²) in [5.41, 5.74) is 0.737. The van der Waals surface area contributed by atoms with Crippen molar-refractivity contribution in [2.75, 3.05) is 12.4 Å². The summed E-state index contributed by atoms with van der Waals surface area (Å²) in [5.74, 6) is -1.37. The Bertz CT molecular complexity index is 628. The number of aromatic carboxylic acids is 1. The number of carbonyl (C=O) groups is 1. The van der Waals surface area contributed by atoms with E-state index in [0.717, 1.165) is 11.6 Å². The number of anilines is 1. The number of nitrogens with one attached hydrogen (secondary N) is 1. The Kier molecular flexibility index (Phi) is 4.20. The number of para-hydroxylation sites is 1. The summed E-state index contributed by atoms with van der Waals surface area (Å²) < 4.78 is 18.7. The lowest BCUT2D eigenvalue weighted by molar-refractivity contribution is 0.0693. The molecule has 0 bridgehead atoms. The number of hydrogen-bond acceptors (Lipinski definition) is 3. The fourth-order valence-corrected chi connectivity index (χ4v) is 1.93. The van der Waals surface area contributed by atoms with E-state index in [9.17, 15) is 9.18 Å². The molecule has 0 spiro atoms. The fourth-order valence-electron chi connectivity index (χ4n) is 1.93. The summed E-state index contributed by atoms with van der Waals surface area (Å²) in [6, 6.07) is 11.5. The third kappa shape index (κ3) is 2.88. The van der Waals surface area contributed by atoms with E-state index in [2.05, 4.69) is 5.32 Å². The van der Waals surface area contributed by atoms with Crippen LogP contribution in [-0.4, -0.2) is 18.2 Å². The Hall–Kier alpha value is -2.56. The molecule has 104 valence electrons. The number of halogens is 1. The Morgan fingerprint density at radius 1 is 1.25 bits per heavy atom. The minimum absolute atomic E-state index is 0.239. The highest BCUT2D eigenvalue weighted by molar-refractivity contribution is 5.94. The van der Waals surface area contributed by atoms with Crippen LogP contribution in [0.3, 0.4) is 0 Å². The average molecular weight is 275 g/mol. The third-order valence-corrected chi connectivity index (χ3v) is 2.89. The summed E-state index contributed by atoms with van der Waals surface area (Å²) in [4.78, 5) is 11.1. The number of rotatable bonds is 5. The first kappa shape index (κ1) is 13.9. The van der Waals surface area contributed by atoms with Gasteiger partial charge >= 0.3 is 5.97 Å². The van der Waals surface area contributed by atoms with Gasteiger partial charge in [0.15, 0.2) is 0 Å². The molecule has 2 N–H and O–H groups in total. The van der Waals surface area contributed by atoms with Gasteiger partial charge in [-0.1, -0.05) is 24.3 Å². The van der Waals surface area contributed by atoms with Crippen LogP contribution in [0.2, 0.25) is 0 Å². The Labute approximate surface area is 115 Å². The van der Waals surface area contributed by atoms with E-state index in [0.29, 0.717) is 12.3 Å². The fraction of sp³-hybridized carbons (Fsp3) is 0.133. The molecule has 0 heterocycles. The van der Waals surface area contributed by atoms with E-state index in [-0.39, 0.29) is 11.3 Å². The lowest BCUT2D eigenvalue weighted by atomic mass is 10.1. The SMILES string of the molecule is COc1ccccc1CNc1cccc(F)c1C(=O)O. The molecule has 4 nitrogen and oxygen atoms in total. The van der Waals surface area contributed by atoms with Crippen molar-refractivity contribution in [1.82, 2.24) is 0 Å².